The maximum absolute atomic E-state index is 13.2. The van der Waals surface area contributed by atoms with Crippen LogP contribution in [0.25, 0.3) is 17.0 Å². The van der Waals surface area contributed by atoms with Gasteiger partial charge in [0.25, 0.3) is 10.0 Å². The fourth-order valence-corrected chi connectivity index (χ4v) is 9.26. The molecule has 4 aromatic rings. The predicted octanol–water partition coefficient (Wildman–Crippen LogP) is 12.7. The van der Waals surface area contributed by atoms with Crippen molar-refractivity contribution < 1.29 is 27.3 Å². The Hall–Kier alpha value is -2.39. The zero-order valence-corrected chi connectivity index (χ0v) is 36.2. The highest BCUT2D eigenvalue weighted by molar-refractivity contribution is 7.94. The van der Waals surface area contributed by atoms with Gasteiger partial charge in [0.2, 0.25) is 11.6 Å². The minimum Gasteiger partial charge on any atom is -0.491 e. The molecular formula is C39H49Cl4N3O7S2. The number of anilines is 1. The number of aromatic hydroxyl groups is 1. The Bertz CT molecular complexity index is 2020. The lowest BCUT2D eigenvalue weighted by molar-refractivity contribution is -0.360. The van der Waals surface area contributed by atoms with Gasteiger partial charge in [-0.3, -0.25) is 4.72 Å². The van der Waals surface area contributed by atoms with Crippen LogP contribution in [-0.4, -0.2) is 36.2 Å². The van der Waals surface area contributed by atoms with Gasteiger partial charge in [0, 0.05) is 28.6 Å². The molecule has 0 fully saturated rings. The molecule has 16 heteroatoms. The second-order valence-corrected chi connectivity index (χ2v) is 17.5. The molecule has 0 amide bonds. The molecule has 0 aliphatic carbocycles. The van der Waals surface area contributed by atoms with Gasteiger partial charge >= 0.3 is 5.76 Å². The Labute approximate surface area is 348 Å². The van der Waals surface area contributed by atoms with E-state index in [1.165, 1.54) is 69.6 Å². The van der Waals surface area contributed by atoms with Gasteiger partial charge in [0.05, 0.1) is 38.5 Å². The van der Waals surface area contributed by atoms with Crippen LogP contribution in [0.3, 0.4) is 0 Å². The topological polar surface area (TPSA) is 123 Å². The van der Waals surface area contributed by atoms with E-state index >= 15 is 0 Å². The second-order valence-electron chi connectivity index (χ2n) is 13.4. The Balaban J connectivity index is 1.48. The number of oxazole rings is 1. The van der Waals surface area contributed by atoms with Gasteiger partial charge in [-0.2, -0.15) is 5.06 Å². The molecule has 0 spiro atoms. The number of hydroxylamine groups is 2. The van der Waals surface area contributed by atoms with Crippen molar-refractivity contribution in [3.63, 3.8) is 0 Å². The number of halogens is 4. The lowest BCUT2D eigenvalue weighted by Crippen LogP contribution is -2.25. The molecule has 0 aliphatic heterocycles. The first-order valence-electron chi connectivity index (χ1n) is 18.6. The average molecular weight is 878 g/mol. The predicted molar refractivity (Wildman–Crippen MR) is 225 cm³/mol. The van der Waals surface area contributed by atoms with Crippen LogP contribution in [-0.2, 0) is 19.3 Å². The van der Waals surface area contributed by atoms with Crippen LogP contribution in [0, 0.1) is 13.8 Å². The molecule has 0 saturated heterocycles. The third-order valence-corrected chi connectivity index (χ3v) is 12.3. The van der Waals surface area contributed by atoms with Gasteiger partial charge in [-0.05, 0) is 80.3 Å². The summed E-state index contributed by atoms with van der Waals surface area (Å²) in [6, 6.07) is 10.1. The van der Waals surface area contributed by atoms with Crippen molar-refractivity contribution in [2.24, 2.45) is 0 Å². The zero-order chi connectivity index (χ0) is 40.1. The van der Waals surface area contributed by atoms with Gasteiger partial charge in [-0.15, -0.1) is 9.32 Å². The number of aromatic nitrogens is 1. The van der Waals surface area contributed by atoms with Gasteiger partial charge in [0.1, 0.15) is 4.90 Å². The largest absolute Gasteiger partial charge is 0.491 e. The van der Waals surface area contributed by atoms with Crippen LogP contribution in [0.4, 0.5) is 5.69 Å². The molecule has 1 aromatic heterocycles. The van der Waals surface area contributed by atoms with Crippen molar-refractivity contribution in [2.75, 3.05) is 17.8 Å². The molecule has 4 rings (SSSR count). The molecular weight excluding hydrogens is 828 g/mol. The van der Waals surface area contributed by atoms with Crippen LogP contribution in [0.15, 0.2) is 61.5 Å². The number of nitrogens with zero attached hydrogens (tertiary/aromatic N) is 2. The van der Waals surface area contributed by atoms with E-state index in [9.17, 15) is 18.3 Å². The monoisotopic (exact) mass is 875 g/mol. The van der Waals surface area contributed by atoms with E-state index in [1.807, 2.05) is 31.0 Å². The van der Waals surface area contributed by atoms with E-state index in [0.29, 0.717) is 21.7 Å². The fraction of sp³-hybridized carbons (Fsp3) is 0.462. The maximum Gasteiger partial charge on any atom is 0.427 e. The Kier molecular flexibility index (Phi) is 18.1. The summed E-state index contributed by atoms with van der Waals surface area (Å²) in [7, 11) is -4.29. The molecule has 10 nitrogen and oxygen atoms in total. The Morgan fingerprint density at radius 1 is 0.800 bits per heavy atom. The summed E-state index contributed by atoms with van der Waals surface area (Å²) in [6.07, 6.45) is 14.3. The first-order valence-corrected chi connectivity index (χ1v) is 22.3. The molecule has 3 aromatic carbocycles. The third kappa shape index (κ3) is 12.8. The number of unbranched alkanes of at least 4 members (excludes halogenated alkanes) is 10. The minimum atomic E-state index is -4.29. The average Bonchev–Trinajstić information content (AvgIpc) is 3.41. The van der Waals surface area contributed by atoms with E-state index in [1.54, 1.807) is 0 Å². The highest BCUT2D eigenvalue weighted by Gasteiger charge is 2.27. The quantitative estimate of drug-likeness (QED) is 0.0324. The number of hydrogen-bond acceptors (Lipinski definition) is 9. The summed E-state index contributed by atoms with van der Waals surface area (Å²) in [6.45, 7) is 9.64. The van der Waals surface area contributed by atoms with Crippen molar-refractivity contribution in [2.45, 2.75) is 115 Å². The number of aryl methyl sites for hydroxylation is 2. The minimum absolute atomic E-state index is 0.0684. The van der Waals surface area contributed by atoms with E-state index in [4.69, 9.17) is 60.1 Å². The highest BCUT2D eigenvalue weighted by Crippen LogP contribution is 2.40. The molecule has 0 saturated carbocycles. The summed E-state index contributed by atoms with van der Waals surface area (Å²) in [5, 5.41) is 13.2. The van der Waals surface area contributed by atoms with Gasteiger partial charge in [-0.1, -0.05) is 124 Å². The van der Waals surface area contributed by atoms with Crippen molar-refractivity contribution in [1.29, 1.82) is 0 Å². The van der Waals surface area contributed by atoms with Crippen molar-refractivity contribution in [3.8, 4) is 22.9 Å². The third-order valence-electron chi connectivity index (χ3n) is 9.02. The van der Waals surface area contributed by atoms with Gasteiger partial charge < -0.3 is 9.52 Å². The molecule has 0 bridgehead atoms. The van der Waals surface area contributed by atoms with Crippen LogP contribution in [0.1, 0.15) is 102 Å². The first kappa shape index (κ1) is 45.3. The van der Waals surface area contributed by atoms with Crippen LogP contribution < -0.4 is 10.5 Å². The molecule has 0 radical (unpaired) electrons. The normalized spacial score (nSPS) is 11.9. The van der Waals surface area contributed by atoms with E-state index in [2.05, 4.69) is 18.6 Å². The lowest BCUT2D eigenvalue weighted by Gasteiger charge is -2.19. The summed E-state index contributed by atoms with van der Waals surface area (Å²) in [5.41, 5.74) is 1.84. The molecule has 302 valence electrons. The summed E-state index contributed by atoms with van der Waals surface area (Å²) >= 11 is 26.1. The second kappa shape index (κ2) is 21.9. The van der Waals surface area contributed by atoms with Crippen molar-refractivity contribution in [1.82, 2.24) is 9.63 Å². The molecule has 1 heterocycles. The zero-order valence-electron chi connectivity index (χ0n) is 31.6. The lowest BCUT2D eigenvalue weighted by atomic mass is 10.0. The molecule has 2 N–H and O–H groups in total. The van der Waals surface area contributed by atoms with Crippen LogP contribution in [0.5, 0.6) is 5.88 Å². The van der Waals surface area contributed by atoms with Gasteiger partial charge in [0.15, 0.2) is 0 Å². The highest BCUT2D eigenvalue weighted by atomic mass is 35.5. The van der Waals surface area contributed by atoms with E-state index in [0.717, 1.165) is 72.4 Å². The number of rotatable bonds is 23. The van der Waals surface area contributed by atoms with Crippen molar-refractivity contribution >= 4 is 74.2 Å². The standard InChI is InChI=1S/C39H49Cl4N3O7S2/c1-5-7-9-11-13-15-19-45(20-16-14-12-10-8-6-2)52-53-54-29-21-26(3)36(27(4)22-29)37-38(47)46(39(48)51-37)34-24-32(43)35(25-31(34)42)55(49,50)44-33-18-17-28(40)23-30(33)41/h17-18,21-25,44,47H,5-16,19-20H2,1-4H3. The molecule has 55 heavy (non-hydrogen) atoms. The van der Waals surface area contributed by atoms with Crippen LogP contribution in [0.2, 0.25) is 20.1 Å². The van der Waals surface area contributed by atoms with Crippen molar-refractivity contribution in [3.05, 3.63) is 84.2 Å². The molecule has 0 unspecified atom stereocenters. The summed E-state index contributed by atoms with van der Waals surface area (Å²) in [5.74, 6) is -1.60. The summed E-state index contributed by atoms with van der Waals surface area (Å²) < 4.78 is 40.9. The van der Waals surface area contributed by atoms with Gasteiger partial charge in [-0.25, -0.2) is 17.8 Å². The fourth-order valence-electron chi connectivity index (χ4n) is 6.16. The van der Waals surface area contributed by atoms with Crippen LogP contribution >= 0.6 is 58.4 Å². The van der Waals surface area contributed by atoms with E-state index in [-0.39, 0.29) is 37.1 Å². The summed E-state index contributed by atoms with van der Waals surface area (Å²) in [4.78, 5) is 19.3. The first-order chi connectivity index (χ1) is 26.3. The smallest absolute Gasteiger partial charge is 0.427 e. The van der Waals surface area contributed by atoms with E-state index < -0.39 is 21.7 Å². The SMILES string of the molecule is CCCCCCCCN(CCCCCCCC)OOSc1cc(C)c(-c2oc(=O)n(-c3cc(Cl)c(S(=O)(=O)Nc4ccc(Cl)cc4Cl)cc3Cl)c2O)c(C)c1. The number of hydrogen-bond donors (Lipinski definition) is 2. The number of benzene rings is 3. The Morgan fingerprint density at radius 2 is 1.38 bits per heavy atom. The Morgan fingerprint density at radius 3 is 1.96 bits per heavy atom. The molecule has 0 aliphatic rings. The number of nitrogens with one attached hydrogen (secondary N) is 1. The molecule has 0 atom stereocenters. The maximum atomic E-state index is 13.2. The number of sulfonamides is 1.